The van der Waals surface area contributed by atoms with E-state index in [0.29, 0.717) is 6.54 Å². The van der Waals surface area contributed by atoms with Crippen LogP contribution in [0.4, 0.5) is 0 Å². The Kier molecular flexibility index (Phi) is 5.21. The van der Waals surface area contributed by atoms with Crippen LogP contribution in [0.5, 0.6) is 0 Å². The molecule has 92 valence electrons. The van der Waals surface area contributed by atoms with Crippen molar-refractivity contribution in [3.8, 4) is 12.3 Å². The summed E-state index contributed by atoms with van der Waals surface area (Å²) in [6, 6.07) is 10.2. The minimum absolute atomic E-state index is 0.354. The largest absolute Gasteiger partial charge is 0.321 e. The zero-order chi connectivity index (χ0) is 12.7. The fourth-order valence-electron chi connectivity index (χ4n) is 2.03. The summed E-state index contributed by atoms with van der Waals surface area (Å²) >= 11 is 0. The van der Waals surface area contributed by atoms with Crippen molar-refractivity contribution in [2.45, 2.75) is 25.8 Å². The third kappa shape index (κ3) is 4.22. The van der Waals surface area contributed by atoms with Crippen molar-refractivity contribution >= 4 is 0 Å². The molecule has 0 amide bonds. The van der Waals surface area contributed by atoms with Crippen LogP contribution in [-0.4, -0.2) is 24.5 Å². The molecule has 0 saturated heterocycles. The highest BCUT2D eigenvalue weighted by atomic mass is 15.1. The maximum Gasteiger partial charge on any atom is 0.0599 e. The van der Waals surface area contributed by atoms with Gasteiger partial charge in [0.05, 0.1) is 12.1 Å². The molecule has 0 saturated carbocycles. The van der Waals surface area contributed by atoms with E-state index in [1.165, 1.54) is 0 Å². The lowest BCUT2D eigenvalue weighted by atomic mass is 9.92. The van der Waals surface area contributed by atoms with E-state index in [1.807, 2.05) is 18.2 Å². The maximum atomic E-state index is 6.39. The summed E-state index contributed by atoms with van der Waals surface area (Å²) in [4.78, 5) is 2.23. The summed E-state index contributed by atoms with van der Waals surface area (Å²) in [5.74, 6) is 2.70. The second-order valence-electron chi connectivity index (χ2n) is 4.70. The normalized spacial score (nSPS) is 14.3. The SMILES string of the molecule is C#CCN(CCC)CC(C)(N)c1ccccc1. The van der Waals surface area contributed by atoms with E-state index in [0.717, 1.165) is 25.1 Å². The first kappa shape index (κ1) is 13.8. The molecular formula is C15H22N2. The van der Waals surface area contributed by atoms with Crippen molar-refractivity contribution in [2.75, 3.05) is 19.6 Å². The molecule has 0 fully saturated rings. The Morgan fingerprint density at radius 3 is 2.53 bits per heavy atom. The van der Waals surface area contributed by atoms with Crippen LogP contribution in [0.15, 0.2) is 30.3 Å². The van der Waals surface area contributed by atoms with Gasteiger partial charge in [-0.1, -0.05) is 43.2 Å². The number of terminal acetylenes is 1. The van der Waals surface area contributed by atoms with Gasteiger partial charge in [-0.25, -0.2) is 0 Å². The highest BCUT2D eigenvalue weighted by molar-refractivity contribution is 5.23. The average Bonchev–Trinajstić information content (AvgIpc) is 2.30. The van der Waals surface area contributed by atoms with Crippen LogP contribution in [-0.2, 0) is 5.54 Å². The second kappa shape index (κ2) is 6.44. The summed E-state index contributed by atoms with van der Waals surface area (Å²) in [5.41, 5.74) is 7.19. The van der Waals surface area contributed by atoms with Crippen molar-refractivity contribution in [2.24, 2.45) is 5.73 Å². The van der Waals surface area contributed by atoms with Crippen molar-refractivity contribution in [1.82, 2.24) is 4.90 Å². The minimum atomic E-state index is -0.354. The van der Waals surface area contributed by atoms with Crippen LogP contribution >= 0.6 is 0 Å². The first-order chi connectivity index (χ1) is 8.10. The van der Waals surface area contributed by atoms with E-state index < -0.39 is 0 Å². The van der Waals surface area contributed by atoms with Gasteiger partial charge in [-0.05, 0) is 25.5 Å². The summed E-state index contributed by atoms with van der Waals surface area (Å²) < 4.78 is 0. The van der Waals surface area contributed by atoms with Gasteiger partial charge >= 0.3 is 0 Å². The highest BCUT2D eigenvalue weighted by Crippen LogP contribution is 2.18. The minimum Gasteiger partial charge on any atom is -0.321 e. The van der Waals surface area contributed by atoms with Crippen LogP contribution in [0, 0.1) is 12.3 Å². The molecule has 0 aliphatic carbocycles. The molecule has 2 nitrogen and oxygen atoms in total. The summed E-state index contributed by atoms with van der Waals surface area (Å²) in [7, 11) is 0. The van der Waals surface area contributed by atoms with Crippen molar-refractivity contribution in [1.29, 1.82) is 0 Å². The van der Waals surface area contributed by atoms with E-state index in [2.05, 4.69) is 36.8 Å². The molecule has 0 aromatic heterocycles. The lowest BCUT2D eigenvalue weighted by molar-refractivity contribution is 0.241. The number of rotatable bonds is 6. The van der Waals surface area contributed by atoms with Gasteiger partial charge in [-0.2, -0.15) is 0 Å². The molecule has 1 unspecified atom stereocenters. The third-order valence-corrected chi connectivity index (χ3v) is 2.84. The number of nitrogens with zero attached hydrogens (tertiary/aromatic N) is 1. The van der Waals surface area contributed by atoms with Crippen LogP contribution in [0.1, 0.15) is 25.8 Å². The molecule has 0 aliphatic rings. The van der Waals surface area contributed by atoms with Gasteiger partial charge in [0.2, 0.25) is 0 Å². The smallest absolute Gasteiger partial charge is 0.0599 e. The van der Waals surface area contributed by atoms with E-state index >= 15 is 0 Å². The number of nitrogens with two attached hydrogens (primary N) is 1. The monoisotopic (exact) mass is 230 g/mol. The number of benzene rings is 1. The fourth-order valence-corrected chi connectivity index (χ4v) is 2.03. The van der Waals surface area contributed by atoms with E-state index in [-0.39, 0.29) is 5.54 Å². The Morgan fingerprint density at radius 2 is 2.00 bits per heavy atom. The molecule has 1 aromatic carbocycles. The third-order valence-electron chi connectivity index (χ3n) is 2.84. The molecule has 0 aliphatic heterocycles. The molecule has 0 heterocycles. The van der Waals surface area contributed by atoms with Gasteiger partial charge in [0.1, 0.15) is 0 Å². The van der Waals surface area contributed by atoms with E-state index in [1.54, 1.807) is 0 Å². The van der Waals surface area contributed by atoms with Crippen LogP contribution in [0.2, 0.25) is 0 Å². The van der Waals surface area contributed by atoms with E-state index in [4.69, 9.17) is 12.2 Å². The van der Waals surface area contributed by atoms with Gasteiger partial charge < -0.3 is 5.73 Å². The zero-order valence-corrected chi connectivity index (χ0v) is 10.8. The standard InChI is InChI=1S/C15H22N2/c1-4-11-17(12-5-2)13-15(3,16)14-9-7-6-8-10-14/h1,6-10H,5,11-13,16H2,2-3H3. The Hall–Kier alpha value is -1.30. The Balaban J connectivity index is 2.74. The van der Waals surface area contributed by atoms with Gasteiger partial charge in [0.25, 0.3) is 0 Å². The first-order valence-electron chi connectivity index (χ1n) is 6.10. The summed E-state index contributed by atoms with van der Waals surface area (Å²) in [5, 5.41) is 0. The molecule has 0 bridgehead atoms. The number of hydrogen-bond donors (Lipinski definition) is 1. The Bertz CT molecular complexity index is 362. The van der Waals surface area contributed by atoms with Crippen molar-refractivity contribution < 1.29 is 0 Å². The first-order valence-corrected chi connectivity index (χ1v) is 6.10. The van der Waals surface area contributed by atoms with Crippen molar-refractivity contribution in [3.05, 3.63) is 35.9 Å². The molecule has 1 atom stereocenters. The van der Waals surface area contributed by atoms with Gasteiger partial charge in [-0.3, -0.25) is 4.90 Å². The maximum absolute atomic E-state index is 6.39. The average molecular weight is 230 g/mol. The molecular weight excluding hydrogens is 208 g/mol. The molecule has 0 radical (unpaired) electrons. The van der Waals surface area contributed by atoms with Gasteiger partial charge in [0.15, 0.2) is 0 Å². The van der Waals surface area contributed by atoms with Gasteiger partial charge in [-0.15, -0.1) is 6.42 Å². The topological polar surface area (TPSA) is 29.3 Å². The molecule has 1 aromatic rings. The predicted molar refractivity (Wildman–Crippen MR) is 73.5 cm³/mol. The van der Waals surface area contributed by atoms with Crippen LogP contribution in [0.3, 0.4) is 0 Å². The molecule has 0 spiro atoms. The zero-order valence-electron chi connectivity index (χ0n) is 10.8. The van der Waals surface area contributed by atoms with Gasteiger partial charge in [0, 0.05) is 6.54 Å². The van der Waals surface area contributed by atoms with E-state index in [9.17, 15) is 0 Å². The summed E-state index contributed by atoms with van der Waals surface area (Å²) in [6.07, 6.45) is 6.47. The van der Waals surface area contributed by atoms with Crippen LogP contribution < -0.4 is 5.73 Å². The lowest BCUT2D eigenvalue weighted by Crippen LogP contribution is -2.45. The molecule has 2 N–H and O–H groups in total. The molecule has 17 heavy (non-hydrogen) atoms. The second-order valence-corrected chi connectivity index (χ2v) is 4.70. The highest BCUT2D eigenvalue weighted by Gasteiger charge is 2.23. The fraction of sp³-hybridized carbons (Fsp3) is 0.467. The Morgan fingerprint density at radius 1 is 1.35 bits per heavy atom. The Labute approximate surface area is 105 Å². The van der Waals surface area contributed by atoms with Crippen molar-refractivity contribution in [3.63, 3.8) is 0 Å². The quantitative estimate of drug-likeness (QED) is 0.759. The lowest BCUT2D eigenvalue weighted by Gasteiger charge is -2.31. The summed E-state index contributed by atoms with van der Waals surface area (Å²) in [6.45, 7) is 6.65. The predicted octanol–water partition coefficient (Wildman–Crippen LogP) is 2.21. The molecule has 1 rings (SSSR count). The number of hydrogen-bond acceptors (Lipinski definition) is 2. The molecule has 2 heteroatoms. The van der Waals surface area contributed by atoms with Crippen LogP contribution in [0.25, 0.3) is 0 Å².